The second-order valence-electron chi connectivity index (χ2n) is 12.5. The molecule has 1 fully saturated rings. The zero-order chi connectivity index (χ0) is 32.6. The van der Waals surface area contributed by atoms with Gasteiger partial charge >= 0.3 is 6.18 Å². The molecule has 0 radical (unpaired) electrons. The summed E-state index contributed by atoms with van der Waals surface area (Å²) >= 11 is 0. The molecule has 0 spiro atoms. The molecule has 46 heavy (non-hydrogen) atoms. The highest BCUT2D eigenvalue weighted by atomic mass is 28.3. The first kappa shape index (κ1) is 31.6. The van der Waals surface area contributed by atoms with Crippen molar-refractivity contribution in [3.05, 3.63) is 65.5 Å². The fourth-order valence-corrected chi connectivity index (χ4v) is 5.84. The van der Waals surface area contributed by atoms with E-state index in [0.29, 0.717) is 58.6 Å². The van der Waals surface area contributed by atoms with E-state index in [1.54, 1.807) is 30.1 Å². The summed E-state index contributed by atoms with van der Waals surface area (Å²) in [6.45, 7) is 7.77. The van der Waals surface area contributed by atoms with E-state index in [2.05, 4.69) is 34.7 Å². The topological polar surface area (TPSA) is 115 Å². The number of nitrogens with zero attached hydrogens (tertiary/aromatic N) is 8. The molecule has 1 aromatic carbocycles. The van der Waals surface area contributed by atoms with E-state index in [9.17, 15) is 13.2 Å². The Hall–Kier alpha value is -4.37. The molecule has 1 saturated carbocycles. The lowest BCUT2D eigenvalue weighted by molar-refractivity contribution is -0.141. The number of hydrogen-bond donors (Lipinski definition) is 0. The Balaban J connectivity index is 1.35. The van der Waals surface area contributed by atoms with Gasteiger partial charge in [0, 0.05) is 33.1 Å². The third kappa shape index (κ3) is 6.74. The van der Waals surface area contributed by atoms with Crippen LogP contribution in [0.5, 0.6) is 11.8 Å². The number of aromatic nitrogens is 8. The van der Waals surface area contributed by atoms with Gasteiger partial charge in [-0.15, -0.1) is 0 Å². The van der Waals surface area contributed by atoms with Gasteiger partial charge in [0.2, 0.25) is 11.8 Å². The van der Waals surface area contributed by atoms with Gasteiger partial charge in [-0.3, -0.25) is 0 Å². The van der Waals surface area contributed by atoms with Crippen LogP contribution in [0.15, 0.2) is 42.9 Å². The van der Waals surface area contributed by atoms with Gasteiger partial charge in [-0.2, -0.15) is 23.4 Å². The second-order valence-corrected chi connectivity index (χ2v) is 18.1. The van der Waals surface area contributed by atoms with E-state index in [1.807, 2.05) is 12.1 Å². The third-order valence-corrected chi connectivity index (χ3v) is 9.43. The van der Waals surface area contributed by atoms with E-state index in [1.165, 1.54) is 13.4 Å². The van der Waals surface area contributed by atoms with Crippen LogP contribution in [0.2, 0.25) is 25.7 Å². The van der Waals surface area contributed by atoms with Crippen molar-refractivity contribution >= 4 is 19.1 Å². The van der Waals surface area contributed by atoms with Crippen LogP contribution >= 0.6 is 0 Å². The van der Waals surface area contributed by atoms with Gasteiger partial charge in [0.05, 0.1) is 37.5 Å². The minimum atomic E-state index is -4.59. The van der Waals surface area contributed by atoms with Gasteiger partial charge in [0.1, 0.15) is 29.7 Å². The number of methoxy groups -OCH3 is 2. The zero-order valence-electron chi connectivity index (χ0n) is 26.3. The maximum absolute atomic E-state index is 13.3. The quantitative estimate of drug-likeness (QED) is 0.113. The van der Waals surface area contributed by atoms with Crippen LogP contribution in [0.1, 0.15) is 41.4 Å². The molecular formula is C31H35F3N8O3Si. The highest BCUT2D eigenvalue weighted by Gasteiger charge is 2.35. The fraction of sp³-hybridized carbons (Fsp3) is 0.419. The lowest BCUT2D eigenvalue weighted by Gasteiger charge is -2.15. The van der Waals surface area contributed by atoms with Gasteiger partial charge in [-0.25, -0.2) is 29.3 Å². The smallest absolute Gasteiger partial charge is 0.435 e. The Morgan fingerprint density at radius 1 is 0.978 bits per heavy atom. The number of rotatable bonds is 12. The van der Waals surface area contributed by atoms with Crippen molar-refractivity contribution in [2.75, 3.05) is 20.8 Å². The largest absolute Gasteiger partial charge is 0.481 e. The van der Waals surface area contributed by atoms with Crippen LogP contribution in [0, 0.1) is 0 Å². The highest BCUT2D eigenvalue weighted by molar-refractivity contribution is 6.76. The van der Waals surface area contributed by atoms with Crippen LogP contribution in [-0.4, -0.2) is 68.4 Å². The zero-order valence-corrected chi connectivity index (χ0v) is 27.3. The van der Waals surface area contributed by atoms with Crippen molar-refractivity contribution in [1.29, 1.82) is 0 Å². The molecule has 15 heteroatoms. The lowest BCUT2D eigenvalue weighted by atomic mass is 10.1. The van der Waals surface area contributed by atoms with Crippen LogP contribution in [0.25, 0.3) is 28.1 Å². The summed E-state index contributed by atoms with van der Waals surface area (Å²) < 4.78 is 59.5. The molecule has 0 atom stereocenters. The molecule has 4 heterocycles. The molecule has 0 bridgehead atoms. The van der Waals surface area contributed by atoms with E-state index >= 15 is 0 Å². The van der Waals surface area contributed by atoms with Gasteiger partial charge < -0.3 is 14.2 Å². The summed E-state index contributed by atoms with van der Waals surface area (Å²) in [7, 11) is 1.59. The van der Waals surface area contributed by atoms with Gasteiger partial charge in [-0.1, -0.05) is 31.8 Å². The first-order valence-corrected chi connectivity index (χ1v) is 18.7. The molecular weight excluding hydrogens is 617 g/mol. The maximum Gasteiger partial charge on any atom is 0.435 e. The molecule has 11 nitrogen and oxygen atoms in total. The van der Waals surface area contributed by atoms with E-state index in [0.717, 1.165) is 40.9 Å². The Labute approximate surface area is 264 Å². The number of alkyl halides is 3. The van der Waals surface area contributed by atoms with Crippen molar-refractivity contribution in [3.63, 3.8) is 0 Å². The number of halogens is 3. The molecule has 0 saturated heterocycles. The lowest BCUT2D eigenvalue weighted by Crippen LogP contribution is -2.22. The van der Waals surface area contributed by atoms with E-state index in [-0.39, 0.29) is 12.6 Å². The van der Waals surface area contributed by atoms with Crippen molar-refractivity contribution in [1.82, 2.24) is 39.5 Å². The summed E-state index contributed by atoms with van der Waals surface area (Å²) in [6.07, 6.45) is 1.12. The molecule has 0 N–H and O–H groups in total. The molecule has 1 aliphatic rings. The summed E-state index contributed by atoms with van der Waals surface area (Å²) in [6, 6.07) is 8.92. The molecule has 1 aliphatic carbocycles. The number of benzene rings is 1. The average molecular weight is 653 g/mol. The van der Waals surface area contributed by atoms with Crippen LogP contribution in [0.4, 0.5) is 13.2 Å². The first-order chi connectivity index (χ1) is 21.9. The van der Waals surface area contributed by atoms with Crippen LogP contribution in [-0.2, 0) is 24.1 Å². The minimum absolute atomic E-state index is 0.0194. The summed E-state index contributed by atoms with van der Waals surface area (Å²) in [5.74, 6) is 1.16. The van der Waals surface area contributed by atoms with Gasteiger partial charge in [0.15, 0.2) is 11.5 Å². The van der Waals surface area contributed by atoms with E-state index < -0.39 is 19.9 Å². The van der Waals surface area contributed by atoms with Gasteiger partial charge in [0.25, 0.3) is 0 Å². The third-order valence-electron chi connectivity index (χ3n) is 7.72. The van der Waals surface area contributed by atoms with Gasteiger partial charge in [-0.05, 0) is 36.6 Å². The molecule has 0 aliphatic heterocycles. The van der Waals surface area contributed by atoms with E-state index in [4.69, 9.17) is 29.3 Å². The SMILES string of the molecule is COc1ncnc(C2CC2)c1-c1ncc2c(n1)c(Cc1ccc(-n3nc(C(F)(F)F)cc3OC)cc1)nn2COCC[Si](C)(C)C. The van der Waals surface area contributed by atoms with Crippen LogP contribution < -0.4 is 9.47 Å². The Kier molecular flexibility index (Phi) is 8.54. The number of hydrogen-bond acceptors (Lipinski definition) is 9. The summed E-state index contributed by atoms with van der Waals surface area (Å²) in [5.41, 5.74) is 3.88. The molecule has 5 aromatic rings. The molecule has 4 aromatic heterocycles. The Morgan fingerprint density at radius 3 is 2.39 bits per heavy atom. The van der Waals surface area contributed by atoms with Crippen molar-refractivity contribution < 1.29 is 27.4 Å². The predicted octanol–water partition coefficient (Wildman–Crippen LogP) is 6.29. The second kappa shape index (κ2) is 12.4. The maximum atomic E-state index is 13.3. The first-order valence-electron chi connectivity index (χ1n) is 14.9. The molecule has 0 unspecified atom stereocenters. The number of ether oxygens (including phenoxy) is 3. The number of fused-ring (bicyclic) bond motifs is 1. The van der Waals surface area contributed by atoms with Crippen molar-refractivity contribution in [2.24, 2.45) is 0 Å². The van der Waals surface area contributed by atoms with Crippen LogP contribution in [0.3, 0.4) is 0 Å². The molecule has 0 amide bonds. The predicted molar refractivity (Wildman–Crippen MR) is 167 cm³/mol. The van der Waals surface area contributed by atoms with Crippen molar-refractivity contribution in [3.8, 4) is 28.8 Å². The summed E-state index contributed by atoms with van der Waals surface area (Å²) in [5, 5.41) is 8.59. The van der Waals surface area contributed by atoms with Crippen molar-refractivity contribution in [2.45, 2.75) is 63.8 Å². The standard InChI is InChI=1S/C31H35F3N8O3Si/c1-43-25-15-24(31(32,33)34)40-42(25)21-10-6-19(7-11-21)14-22-28-23(41(39-22)18-45-12-13-46(3,4)5)16-35-29(38-28)26-27(20-8-9-20)36-17-37-30(26)44-2/h6-7,10-11,15-17,20H,8-9,12-14,18H2,1-5H3. The average Bonchev–Trinajstić information content (AvgIpc) is 3.68. The fourth-order valence-electron chi connectivity index (χ4n) is 5.09. The highest BCUT2D eigenvalue weighted by Crippen LogP contribution is 2.45. The Morgan fingerprint density at radius 2 is 1.74 bits per heavy atom. The summed E-state index contributed by atoms with van der Waals surface area (Å²) in [4.78, 5) is 18.6. The monoisotopic (exact) mass is 652 g/mol. The normalized spacial score (nSPS) is 13.8. The molecule has 6 rings (SSSR count). The molecule has 242 valence electrons. The minimum Gasteiger partial charge on any atom is -0.481 e. The Bertz CT molecular complexity index is 1850.